The van der Waals surface area contributed by atoms with E-state index in [0.29, 0.717) is 35.7 Å². The number of rotatable bonds is 12. The van der Waals surface area contributed by atoms with Crippen molar-refractivity contribution in [1.29, 1.82) is 0 Å². The fraction of sp³-hybridized carbons (Fsp3) is 0.212. The first-order valence-electron chi connectivity index (χ1n) is 13.6. The normalized spacial score (nSPS) is 12.5. The highest BCUT2D eigenvalue weighted by Gasteiger charge is 2.24. The number of nitrogens with two attached hydrogens (primary N) is 1. The minimum atomic E-state index is -0.589. The third-order valence-electron chi connectivity index (χ3n) is 6.60. The third kappa shape index (κ3) is 8.33. The smallest absolute Gasteiger partial charge is 0.412 e. The van der Waals surface area contributed by atoms with Crippen LogP contribution < -0.4 is 21.1 Å². The van der Waals surface area contributed by atoms with Crippen LogP contribution in [-0.2, 0) is 9.53 Å². The molecule has 5 N–H and O–H groups in total. The van der Waals surface area contributed by atoms with Gasteiger partial charge in [-0.25, -0.2) is 4.79 Å². The Bertz CT molecular complexity index is 1500. The van der Waals surface area contributed by atoms with Crippen LogP contribution in [0.5, 0.6) is 5.75 Å². The zero-order chi connectivity index (χ0) is 29.0. The van der Waals surface area contributed by atoms with Crippen LogP contribution in [0.2, 0.25) is 0 Å². The Labute approximate surface area is 239 Å². The van der Waals surface area contributed by atoms with Crippen molar-refractivity contribution >= 4 is 39.8 Å². The summed E-state index contributed by atoms with van der Waals surface area (Å²) in [6, 6.07) is 27.9. The highest BCUT2D eigenvalue weighted by atomic mass is 16.6. The van der Waals surface area contributed by atoms with Crippen LogP contribution in [0.25, 0.3) is 10.8 Å². The number of ether oxygens (including phenoxy) is 2. The summed E-state index contributed by atoms with van der Waals surface area (Å²) in [5.74, 6) is 0.203. The predicted octanol–water partition coefficient (Wildman–Crippen LogP) is 6.69. The number of nitrogens with one attached hydrogen (secondary N) is 2. The molecule has 0 spiro atoms. The number of hydrogen-bond acceptors (Lipinski definition) is 6. The Morgan fingerprint density at radius 2 is 1.66 bits per heavy atom. The highest BCUT2D eigenvalue weighted by molar-refractivity contribution is 6.01. The number of allylic oxidation sites excluding steroid dienone is 1. The summed E-state index contributed by atoms with van der Waals surface area (Å²) in [6.45, 7) is 2.05. The standard InChI is InChI=1S/C33H35N3O5/c1-23(10-2-7-19-31(38)35-30-17-6-5-16-28(30)34)32(25-13-8-14-26(22-25)40-21-20-37)41-33(39)36-29-18-9-12-24-11-3-4-15-27(24)29/h3-9,11-19,22-23,32,37H,2,10,20-21,34H2,1H3,(H,35,38)(H,36,39)/b19-7+/t23-,32+/m1/s1. The van der Waals surface area contributed by atoms with Gasteiger partial charge in [0.2, 0.25) is 5.91 Å². The van der Waals surface area contributed by atoms with Crippen molar-refractivity contribution in [3.63, 3.8) is 0 Å². The van der Waals surface area contributed by atoms with E-state index in [1.54, 1.807) is 36.4 Å². The molecule has 0 radical (unpaired) electrons. The van der Waals surface area contributed by atoms with Crippen LogP contribution in [0.1, 0.15) is 31.4 Å². The molecule has 0 aliphatic heterocycles. The molecular formula is C33H35N3O5. The van der Waals surface area contributed by atoms with E-state index in [1.807, 2.05) is 67.6 Å². The van der Waals surface area contributed by atoms with Gasteiger partial charge in [0, 0.05) is 5.39 Å². The molecule has 2 atom stereocenters. The number of carbonyl (C=O) groups is 2. The number of para-hydroxylation sites is 2. The first-order valence-corrected chi connectivity index (χ1v) is 13.6. The summed E-state index contributed by atoms with van der Waals surface area (Å²) in [5, 5.41) is 16.7. The average molecular weight is 554 g/mol. The van der Waals surface area contributed by atoms with E-state index < -0.39 is 12.2 Å². The summed E-state index contributed by atoms with van der Waals surface area (Å²) in [5.41, 5.74) is 8.38. The molecule has 0 saturated carbocycles. The van der Waals surface area contributed by atoms with E-state index in [1.165, 1.54) is 6.08 Å². The molecule has 4 aromatic rings. The zero-order valence-corrected chi connectivity index (χ0v) is 23.0. The predicted molar refractivity (Wildman–Crippen MR) is 163 cm³/mol. The monoisotopic (exact) mass is 553 g/mol. The van der Waals surface area contributed by atoms with E-state index in [4.69, 9.17) is 20.3 Å². The van der Waals surface area contributed by atoms with Crippen LogP contribution >= 0.6 is 0 Å². The quantitative estimate of drug-likeness (QED) is 0.114. The maximum atomic E-state index is 13.1. The van der Waals surface area contributed by atoms with E-state index in [9.17, 15) is 9.59 Å². The second-order valence-corrected chi connectivity index (χ2v) is 9.66. The molecule has 0 unspecified atom stereocenters. The molecule has 41 heavy (non-hydrogen) atoms. The average Bonchev–Trinajstić information content (AvgIpc) is 2.98. The minimum Gasteiger partial charge on any atom is -0.491 e. The van der Waals surface area contributed by atoms with Gasteiger partial charge in [0.15, 0.2) is 0 Å². The Hall–Kier alpha value is -4.82. The van der Waals surface area contributed by atoms with E-state index in [-0.39, 0.29) is 25.0 Å². The largest absolute Gasteiger partial charge is 0.491 e. The van der Waals surface area contributed by atoms with Crippen molar-refractivity contribution in [1.82, 2.24) is 0 Å². The third-order valence-corrected chi connectivity index (χ3v) is 6.60. The molecule has 8 nitrogen and oxygen atoms in total. The van der Waals surface area contributed by atoms with Crippen molar-refractivity contribution in [3.05, 3.63) is 109 Å². The van der Waals surface area contributed by atoms with Gasteiger partial charge in [-0.3, -0.25) is 10.1 Å². The second kappa shape index (κ2) is 14.5. The summed E-state index contributed by atoms with van der Waals surface area (Å²) in [7, 11) is 0. The fourth-order valence-electron chi connectivity index (χ4n) is 4.53. The second-order valence-electron chi connectivity index (χ2n) is 9.66. The maximum absolute atomic E-state index is 13.1. The van der Waals surface area contributed by atoms with Gasteiger partial charge in [0.25, 0.3) is 0 Å². The van der Waals surface area contributed by atoms with Crippen LogP contribution in [0.3, 0.4) is 0 Å². The zero-order valence-electron chi connectivity index (χ0n) is 23.0. The lowest BCUT2D eigenvalue weighted by Crippen LogP contribution is -2.22. The molecule has 0 bridgehead atoms. The number of anilines is 3. The lowest BCUT2D eigenvalue weighted by atomic mass is 9.93. The minimum absolute atomic E-state index is 0.0983. The molecule has 2 amide bonds. The molecule has 0 aliphatic rings. The van der Waals surface area contributed by atoms with Crippen molar-refractivity contribution in [2.75, 3.05) is 29.6 Å². The van der Waals surface area contributed by atoms with E-state index in [2.05, 4.69) is 10.6 Å². The fourth-order valence-corrected chi connectivity index (χ4v) is 4.53. The van der Waals surface area contributed by atoms with Gasteiger partial charge in [0.1, 0.15) is 18.5 Å². The highest BCUT2D eigenvalue weighted by Crippen LogP contribution is 2.32. The van der Waals surface area contributed by atoms with Gasteiger partial charge in [-0.1, -0.05) is 73.7 Å². The molecule has 0 saturated heterocycles. The summed E-state index contributed by atoms with van der Waals surface area (Å²) >= 11 is 0. The van der Waals surface area contributed by atoms with Gasteiger partial charge in [-0.05, 0) is 66.1 Å². The molecule has 212 valence electrons. The summed E-state index contributed by atoms with van der Waals surface area (Å²) in [6.07, 6.45) is 3.34. The van der Waals surface area contributed by atoms with Gasteiger partial charge in [0.05, 0.1) is 23.7 Å². The van der Waals surface area contributed by atoms with Gasteiger partial charge < -0.3 is 25.6 Å². The number of aliphatic hydroxyl groups excluding tert-OH is 1. The van der Waals surface area contributed by atoms with Crippen LogP contribution in [0.4, 0.5) is 21.9 Å². The van der Waals surface area contributed by atoms with Gasteiger partial charge in [-0.15, -0.1) is 0 Å². The maximum Gasteiger partial charge on any atom is 0.412 e. The summed E-state index contributed by atoms with van der Waals surface area (Å²) in [4.78, 5) is 25.5. The lowest BCUT2D eigenvalue weighted by Gasteiger charge is -2.25. The molecule has 8 heteroatoms. The molecule has 4 aromatic carbocycles. The van der Waals surface area contributed by atoms with Crippen LogP contribution in [0.15, 0.2) is 103 Å². The molecule has 0 aliphatic carbocycles. The Morgan fingerprint density at radius 1 is 0.927 bits per heavy atom. The van der Waals surface area contributed by atoms with E-state index in [0.717, 1.165) is 16.3 Å². The number of aliphatic hydroxyl groups is 1. The SMILES string of the molecule is C[C@H](CC/C=C/C(=O)Nc1ccccc1N)[C@H](OC(=O)Nc1cccc2ccccc12)c1cccc(OCCO)c1. The topological polar surface area (TPSA) is 123 Å². The van der Waals surface area contributed by atoms with Crippen molar-refractivity contribution in [2.45, 2.75) is 25.9 Å². The number of amides is 2. The van der Waals surface area contributed by atoms with Crippen molar-refractivity contribution in [2.24, 2.45) is 5.92 Å². The number of hydrogen-bond donors (Lipinski definition) is 4. The van der Waals surface area contributed by atoms with Crippen molar-refractivity contribution < 1.29 is 24.2 Å². The van der Waals surface area contributed by atoms with Gasteiger partial charge >= 0.3 is 6.09 Å². The van der Waals surface area contributed by atoms with Crippen molar-refractivity contribution in [3.8, 4) is 5.75 Å². The first-order chi connectivity index (χ1) is 19.9. The number of fused-ring (bicyclic) bond motifs is 1. The molecule has 0 heterocycles. The summed E-state index contributed by atoms with van der Waals surface area (Å²) < 4.78 is 11.6. The van der Waals surface area contributed by atoms with Crippen LogP contribution in [-0.4, -0.2) is 30.3 Å². The number of benzene rings is 4. The molecule has 4 rings (SSSR count). The molecule has 0 aromatic heterocycles. The lowest BCUT2D eigenvalue weighted by molar-refractivity contribution is -0.111. The number of nitrogen functional groups attached to an aromatic ring is 1. The van der Waals surface area contributed by atoms with Crippen LogP contribution in [0, 0.1) is 5.92 Å². The Kier molecular flexibility index (Phi) is 10.3. The Balaban J connectivity index is 1.44. The first kappa shape index (κ1) is 29.2. The molecular weight excluding hydrogens is 518 g/mol. The van der Waals surface area contributed by atoms with E-state index >= 15 is 0 Å². The molecule has 0 fully saturated rings. The Morgan fingerprint density at radius 3 is 2.49 bits per heavy atom. The number of carbonyl (C=O) groups excluding carboxylic acids is 2. The van der Waals surface area contributed by atoms with Gasteiger partial charge in [-0.2, -0.15) is 0 Å².